The molecule has 0 saturated carbocycles. The Kier molecular flexibility index (Phi) is 5.64. The molecular formula is C21H17N3O5. The minimum atomic E-state index is -0.607. The Morgan fingerprint density at radius 3 is 2.55 bits per heavy atom. The molecule has 1 amide bonds. The Morgan fingerprint density at radius 1 is 1.07 bits per heavy atom. The van der Waals surface area contributed by atoms with Gasteiger partial charge in [-0.05, 0) is 36.8 Å². The summed E-state index contributed by atoms with van der Waals surface area (Å²) in [5.74, 6) is -0.746. The van der Waals surface area contributed by atoms with Crippen LogP contribution in [0.4, 0.5) is 11.4 Å². The van der Waals surface area contributed by atoms with Crippen LogP contribution in [0.1, 0.15) is 33.2 Å². The highest BCUT2D eigenvalue weighted by Crippen LogP contribution is 2.14. The predicted octanol–water partition coefficient (Wildman–Crippen LogP) is 3.26. The zero-order valence-electron chi connectivity index (χ0n) is 15.5. The highest BCUT2D eigenvalue weighted by atomic mass is 16.6. The number of non-ortho nitro benzene ring substituents is 1. The normalized spacial score (nSPS) is 10.4. The quantitative estimate of drug-likeness (QED) is 0.394. The van der Waals surface area contributed by atoms with E-state index in [2.05, 4.69) is 5.32 Å². The highest BCUT2D eigenvalue weighted by Gasteiger charge is 2.14. The summed E-state index contributed by atoms with van der Waals surface area (Å²) in [4.78, 5) is 47.2. The van der Waals surface area contributed by atoms with Crippen LogP contribution in [0.3, 0.4) is 0 Å². The number of Topliss-reactive ketones (excluding diaryl/α,β-unsaturated/α-hetero) is 1. The van der Waals surface area contributed by atoms with Gasteiger partial charge < -0.3 is 9.88 Å². The first kappa shape index (κ1) is 19.7. The van der Waals surface area contributed by atoms with Crippen LogP contribution in [-0.4, -0.2) is 21.2 Å². The van der Waals surface area contributed by atoms with E-state index in [1.165, 1.54) is 48.0 Å². The van der Waals surface area contributed by atoms with E-state index in [4.69, 9.17) is 0 Å². The van der Waals surface area contributed by atoms with E-state index in [1.54, 1.807) is 30.3 Å². The van der Waals surface area contributed by atoms with Gasteiger partial charge in [0.05, 0.1) is 11.5 Å². The van der Waals surface area contributed by atoms with Crippen molar-refractivity contribution >= 4 is 23.1 Å². The van der Waals surface area contributed by atoms with E-state index in [1.807, 2.05) is 0 Å². The van der Waals surface area contributed by atoms with Gasteiger partial charge in [0.1, 0.15) is 5.56 Å². The van der Waals surface area contributed by atoms with E-state index in [0.717, 1.165) is 0 Å². The number of hydrogen-bond acceptors (Lipinski definition) is 5. The smallest absolute Gasteiger partial charge is 0.269 e. The molecule has 1 N–H and O–H groups in total. The first-order chi connectivity index (χ1) is 13.8. The molecule has 0 aliphatic heterocycles. The van der Waals surface area contributed by atoms with Gasteiger partial charge in [0.2, 0.25) is 0 Å². The molecule has 8 heteroatoms. The minimum absolute atomic E-state index is 0.0743. The number of hydrogen-bond donors (Lipinski definition) is 1. The van der Waals surface area contributed by atoms with Gasteiger partial charge in [-0.3, -0.25) is 24.5 Å². The first-order valence-electron chi connectivity index (χ1n) is 8.70. The van der Waals surface area contributed by atoms with Gasteiger partial charge in [0.25, 0.3) is 17.2 Å². The number of amides is 1. The van der Waals surface area contributed by atoms with Crippen LogP contribution in [0.25, 0.3) is 0 Å². The van der Waals surface area contributed by atoms with Gasteiger partial charge in [0, 0.05) is 29.6 Å². The topological polar surface area (TPSA) is 111 Å². The molecule has 0 unspecified atom stereocenters. The van der Waals surface area contributed by atoms with E-state index in [0.29, 0.717) is 16.8 Å². The van der Waals surface area contributed by atoms with Gasteiger partial charge in [-0.2, -0.15) is 0 Å². The second kappa shape index (κ2) is 8.30. The van der Waals surface area contributed by atoms with Crippen molar-refractivity contribution in [2.75, 3.05) is 5.32 Å². The number of nitrogens with zero attached hydrogens (tertiary/aromatic N) is 2. The van der Waals surface area contributed by atoms with Crippen molar-refractivity contribution in [3.63, 3.8) is 0 Å². The summed E-state index contributed by atoms with van der Waals surface area (Å²) in [7, 11) is 0. The lowest BCUT2D eigenvalue weighted by Gasteiger charge is -2.09. The monoisotopic (exact) mass is 391 g/mol. The minimum Gasteiger partial charge on any atom is -0.322 e. The summed E-state index contributed by atoms with van der Waals surface area (Å²) < 4.78 is 1.31. The fourth-order valence-electron chi connectivity index (χ4n) is 2.81. The number of carbonyl (C=O) groups excluding carboxylic acids is 2. The largest absolute Gasteiger partial charge is 0.322 e. The Labute approximate surface area is 165 Å². The van der Waals surface area contributed by atoms with Gasteiger partial charge >= 0.3 is 0 Å². The van der Waals surface area contributed by atoms with Crippen LogP contribution in [0, 0.1) is 10.1 Å². The number of ketones is 1. The average Bonchev–Trinajstić information content (AvgIpc) is 2.70. The van der Waals surface area contributed by atoms with Crippen molar-refractivity contribution in [3.05, 3.63) is 104 Å². The summed E-state index contributed by atoms with van der Waals surface area (Å²) in [6.07, 6.45) is 1.51. The van der Waals surface area contributed by atoms with E-state index < -0.39 is 16.4 Å². The lowest BCUT2D eigenvalue weighted by Crippen LogP contribution is -2.29. The first-order valence-corrected chi connectivity index (χ1v) is 8.70. The molecule has 3 aromatic rings. The fraction of sp³-hybridized carbons (Fsp3) is 0.0952. The van der Waals surface area contributed by atoms with Crippen LogP contribution in [-0.2, 0) is 6.54 Å². The third kappa shape index (κ3) is 4.62. The molecule has 0 radical (unpaired) electrons. The molecule has 0 aliphatic carbocycles. The summed E-state index contributed by atoms with van der Waals surface area (Å²) in [6.45, 7) is 1.51. The maximum atomic E-state index is 12.7. The number of nitro benzene ring substituents is 1. The van der Waals surface area contributed by atoms with E-state index in [9.17, 15) is 24.5 Å². The van der Waals surface area contributed by atoms with Crippen molar-refractivity contribution in [3.8, 4) is 0 Å². The third-order valence-electron chi connectivity index (χ3n) is 4.27. The SMILES string of the molecule is CC(=O)c1cccc(NC(=O)c2cccn(Cc3cccc([N+](=O)[O-])c3)c2=O)c1. The number of aromatic nitrogens is 1. The molecule has 146 valence electrons. The second-order valence-corrected chi connectivity index (χ2v) is 6.37. The van der Waals surface area contributed by atoms with Gasteiger partial charge in [0.15, 0.2) is 5.78 Å². The van der Waals surface area contributed by atoms with Gasteiger partial charge in [-0.25, -0.2) is 0 Å². The number of carbonyl (C=O) groups is 2. The molecule has 8 nitrogen and oxygen atoms in total. The van der Waals surface area contributed by atoms with Crippen molar-refractivity contribution in [1.82, 2.24) is 4.57 Å². The molecule has 0 aliphatic rings. The second-order valence-electron chi connectivity index (χ2n) is 6.37. The Balaban J connectivity index is 1.85. The third-order valence-corrected chi connectivity index (χ3v) is 4.27. The maximum Gasteiger partial charge on any atom is 0.269 e. The number of pyridine rings is 1. The summed E-state index contributed by atoms with van der Waals surface area (Å²) in [5, 5.41) is 13.5. The fourth-order valence-corrected chi connectivity index (χ4v) is 2.81. The Bertz CT molecular complexity index is 1170. The number of nitro groups is 1. The number of benzene rings is 2. The zero-order chi connectivity index (χ0) is 21.0. The standard InChI is InChI=1S/C21H17N3O5/c1-14(25)16-6-3-7-17(12-16)22-20(26)19-9-4-10-23(21(19)27)13-15-5-2-8-18(11-15)24(28)29/h2-12H,13H2,1H3,(H,22,26). The van der Waals surface area contributed by atoms with Crippen molar-refractivity contribution in [2.45, 2.75) is 13.5 Å². The zero-order valence-corrected chi connectivity index (χ0v) is 15.5. The molecule has 0 atom stereocenters. The van der Waals surface area contributed by atoms with Crippen LogP contribution < -0.4 is 10.9 Å². The van der Waals surface area contributed by atoms with Crippen LogP contribution in [0.2, 0.25) is 0 Å². The lowest BCUT2D eigenvalue weighted by molar-refractivity contribution is -0.384. The van der Waals surface area contributed by atoms with Gasteiger partial charge in [-0.15, -0.1) is 0 Å². The summed E-state index contributed by atoms with van der Waals surface area (Å²) in [5.41, 5.74) is 0.725. The van der Waals surface area contributed by atoms with Gasteiger partial charge in [-0.1, -0.05) is 24.3 Å². The molecular weight excluding hydrogens is 374 g/mol. The molecule has 1 heterocycles. The van der Waals surface area contributed by atoms with Crippen LogP contribution >= 0.6 is 0 Å². The maximum absolute atomic E-state index is 12.7. The Morgan fingerprint density at radius 2 is 1.83 bits per heavy atom. The molecule has 1 aromatic heterocycles. The molecule has 2 aromatic carbocycles. The predicted molar refractivity (Wildman–Crippen MR) is 107 cm³/mol. The van der Waals surface area contributed by atoms with E-state index in [-0.39, 0.29) is 23.6 Å². The highest BCUT2D eigenvalue weighted by molar-refractivity contribution is 6.04. The molecule has 0 spiro atoms. The van der Waals surface area contributed by atoms with Crippen molar-refractivity contribution < 1.29 is 14.5 Å². The number of rotatable bonds is 6. The summed E-state index contributed by atoms with van der Waals surface area (Å²) >= 11 is 0. The average molecular weight is 391 g/mol. The van der Waals surface area contributed by atoms with Crippen molar-refractivity contribution in [1.29, 1.82) is 0 Å². The molecule has 3 rings (SSSR count). The summed E-state index contributed by atoms with van der Waals surface area (Å²) in [6, 6.07) is 15.3. The number of anilines is 1. The molecule has 29 heavy (non-hydrogen) atoms. The van der Waals surface area contributed by atoms with Crippen LogP contribution in [0.5, 0.6) is 0 Å². The van der Waals surface area contributed by atoms with Crippen LogP contribution in [0.15, 0.2) is 71.7 Å². The van der Waals surface area contributed by atoms with E-state index >= 15 is 0 Å². The van der Waals surface area contributed by atoms with Crippen molar-refractivity contribution in [2.24, 2.45) is 0 Å². The molecule has 0 bridgehead atoms. The Hall–Kier alpha value is -4.07. The lowest BCUT2D eigenvalue weighted by atomic mass is 10.1. The molecule has 0 saturated heterocycles. The number of nitrogens with one attached hydrogen (secondary N) is 1. The molecule has 0 fully saturated rings.